The second kappa shape index (κ2) is 5.66. The van der Waals surface area contributed by atoms with Gasteiger partial charge in [0.1, 0.15) is 0 Å². The zero-order valence-electron chi connectivity index (χ0n) is 10.3. The summed E-state index contributed by atoms with van der Waals surface area (Å²) >= 11 is 5.83. The van der Waals surface area contributed by atoms with Gasteiger partial charge in [-0.15, -0.1) is 10.2 Å². The molecule has 6 nitrogen and oxygen atoms in total. The van der Waals surface area contributed by atoms with Crippen LogP contribution in [0.3, 0.4) is 0 Å². The average molecular weight is 288 g/mol. The van der Waals surface area contributed by atoms with Crippen molar-refractivity contribution in [1.29, 1.82) is 0 Å². The molecule has 0 radical (unpaired) electrons. The minimum absolute atomic E-state index is 0.366. The van der Waals surface area contributed by atoms with Crippen molar-refractivity contribution in [1.82, 2.24) is 20.2 Å². The van der Waals surface area contributed by atoms with Crippen LogP contribution >= 0.6 is 11.6 Å². The van der Waals surface area contributed by atoms with E-state index in [1.165, 1.54) is 0 Å². The molecule has 100 valence electrons. The van der Waals surface area contributed by atoms with E-state index in [4.69, 9.17) is 16.0 Å². The number of nitrogens with one attached hydrogen (secondary N) is 1. The first-order valence-electron chi connectivity index (χ1n) is 5.90. The summed E-state index contributed by atoms with van der Waals surface area (Å²) in [4.78, 5) is 8.08. The molecule has 0 bridgehead atoms. The van der Waals surface area contributed by atoms with Crippen LogP contribution in [0.25, 0.3) is 11.5 Å². The first-order valence-corrected chi connectivity index (χ1v) is 6.28. The summed E-state index contributed by atoms with van der Waals surface area (Å²) in [6.45, 7) is 0.366. The van der Waals surface area contributed by atoms with Crippen LogP contribution in [0.2, 0.25) is 5.02 Å². The Labute approximate surface area is 119 Å². The molecule has 2 aromatic heterocycles. The van der Waals surface area contributed by atoms with Crippen molar-refractivity contribution in [3.63, 3.8) is 0 Å². The summed E-state index contributed by atoms with van der Waals surface area (Å²) in [5, 5.41) is 11.6. The minimum atomic E-state index is 0.366. The predicted octanol–water partition coefficient (Wildman–Crippen LogP) is 2.79. The van der Waals surface area contributed by atoms with Gasteiger partial charge in [0.05, 0.1) is 6.54 Å². The number of benzene rings is 1. The van der Waals surface area contributed by atoms with Crippen molar-refractivity contribution in [2.24, 2.45) is 0 Å². The summed E-state index contributed by atoms with van der Waals surface area (Å²) in [7, 11) is 0. The SMILES string of the molecule is Clc1ccc(-c2nnc(CNc3ncccn3)o2)cc1. The molecule has 1 aromatic carbocycles. The Morgan fingerprint density at radius 2 is 1.80 bits per heavy atom. The number of halogens is 1. The number of aromatic nitrogens is 4. The second-order valence-corrected chi connectivity index (χ2v) is 4.37. The summed E-state index contributed by atoms with van der Waals surface area (Å²) < 4.78 is 5.55. The van der Waals surface area contributed by atoms with Gasteiger partial charge in [-0.3, -0.25) is 0 Å². The van der Waals surface area contributed by atoms with Gasteiger partial charge in [-0.1, -0.05) is 11.6 Å². The molecule has 0 aliphatic heterocycles. The Balaban J connectivity index is 1.69. The van der Waals surface area contributed by atoms with Gasteiger partial charge in [-0.05, 0) is 30.3 Å². The van der Waals surface area contributed by atoms with Gasteiger partial charge in [0, 0.05) is 23.0 Å². The first kappa shape index (κ1) is 12.6. The Kier molecular flexibility index (Phi) is 3.56. The van der Waals surface area contributed by atoms with Gasteiger partial charge in [-0.2, -0.15) is 0 Å². The molecule has 0 fully saturated rings. The van der Waals surface area contributed by atoms with Gasteiger partial charge in [0.25, 0.3) is 0 Å². The number of nitrogens with zero attached hydrogens (tertiary/aromatic N) is 4. The quantitative estimate of drug-likeness (QED) is 0.795. The largest absolute Gasteiger partial charge is 0.419 e. The van der Waals surface area contributed by atoms with Crippen LogP contribution in [-0.2, 0) is 6.54 Å². The highest BCUT2D eigenvalue weighted by Gasteiger charge is 2.08. The topological polar surface area (TPSA) is 76.7 Å². The fraction of sp³-hybridized carbons (Fsp3) is 0.0769. The number of hydrogen-bond donors (Lipinski definition) is 1. The summed E-state index contributed by atoms with van der Waals surface area (Å²) in [6, 6.07) is 8.95. The van der Waals surface area contributed by atoms with Crippen molar-refractivity contribution >= 4 is 17.5 Å². The highest BCUT2D eigenvalue weighted by Crippen LogP contribution is 2.20. The van der Waals surface area contributed by atoms with E-state index < -0.39 is 0 Å². The maximum absolute atomic E-state index is 5.83. The third kappa shape index (κ3) is 2.92. The van der Waals surface area contributed by atoms with E-state index in [9.17, 15) is 0 Å². The molecule has 0 saturated carbocycles. The Hall–Kier alpha value is -2.47. The van der Waals surface area contributed by atoms with E-state index in [0.717, 1.165) is 5.56 Å². The Morgan fingerprint density at radius 1 is 1.05 bits per heavy atom. The summed E-state index contributed by atoms with van der Waals surface area (Å²) in [6.07, 6.45) is 3.31. The van der Waals surface area contributed by atoms with E-state index in [2.05, 4.69) is 25.5 Å². The fourth-order valence-electron chi connectivity index (χ4n) is 1.58. The van der Waals surface area contributed by atoms with Gasteiger partial charge in [0.15, 0.2) is 0 Å². The number of rotatable bonds is 4. The van der Waals surface area contributed by atoms with Gasteiger partial charge < -0.3 is 9.73 Å². The fourth-order valence-corrected chi connectivity index (χ4v) is 1.71. The standard InChI is InChI=1S/C13H10ClN5O/c14-10-4-2-9(3-5-10)12-19-18-11(20-12)8-17-13-15-6-1-7-16-13/h1-7H,8H2,(H,15,16,17). The van der Waals surface area contributed by atoms with Crippen LogP contribution in [0, 0.1) is 0 Å². The van der Waals surface area contributed by atoms with Crippen molar-refractivity contribution in [3.8, 4) is 11.5 Å². The molecule has 3 aromatic rings. The molecule has 0 spiro atoms. The van der Waals surface area contributed by atoms with Crippen LogP contribution in [-0.4, -0.2) is 20.2 Å². The lowest BCUT2D eigenvalue weighted by molar-refractivity contribution is 0.514. The van der Waals surface area contributed by atoms with Gasteiger partial charge >= 0.3 is 0 Å². The molecule has 1 N–H and O–H groups in total. The monoisotopic (exact) mass is 287 g/mol. The molecule has 0 saturated heterocycles. The minimum Gasteiger partial charge on any atom is -0.419 e. The summed E-state index contributed by atoms with van der Waals surface area (Å²) in [5.41, 5.74) is 0.823. The van der Waals surface area contributed by atoms with E-state index in [0.29, 0.717) is 29.3 Å². The molecule has 2 heterocycles. The van der Waals surface area contributed by atoms with Crippen molar-refractivity contribution in [3.05, 3.63) is 53.6 Å². The smallest absolute Gasteiger partial charge is 0.247 e. The molecular weight excluding hydrogens is 278 g/mol. The molecule has 20 heavy (non-hydrogen) atoms. The molecule has 3 rings (SSSR count). The molecular formula is C13H10ClN5O. The molecule has 0 unspecified atom stereocenters. The maximum Gasteiger partial charge on any atom is 0.247 e. The van der Waals surface area contributed by atoms with E-state index in [-0.39, 0.29) is 0 Å². The number of anilines is 1. The molecule has 0 atom stereocenters. The third-order valence-corrected chi connectivity index (χ3v) is 2.77. The Morgan fingerprint density at radius 3 is 2.55 bits per heavy atom. The first-order chi connectivity index (χ1) is 9.81. The summed E-state index contributed by atoms with van der Waals surface area (Å²) in [5.74, 6) is 1.42. The molecule has 7 heteroatoms. The van der Waals surface area contributed by atoms with Crippen molar-refractivity contribution in [2.75, 3.05) is 5.32 Å². The van der Waals surface area contributed by atoms with Crippen LogP contribution in [0.1, 0.15) is 5.89 Å². The predicted molar refractivity (Wildman–Crippen MR) is 74.1 cm³/mol. The molecule has 0 amide bonds. The lowest BCUT2D eigenvalue weighted by Crippen LogP contribution is -2.02. The van der Waals surface area contributed by atoms with E-state index in [1.807, 2.05) is 12.1 Å². The highest BCUT2D eigenvalue weighted by molar-refractivity contribution is 6.30. The van der Waals surface area contributed by atoms with E-state index in [1.54, 1.807) is 30.6 Å². The Bertz CT molecular complexity index is 683. The van der Waals surface area contributed by atoms with Gasteiger partial charge in [0.2, 0.25) is 17.7 Å². The second-order valence-electron chi connectivity index (χ2n) is 3.93. The highest BCUT2D eigenvalue weighted by atomic mass is 35.5. The van der Waals surface area contributed by atoms with Crippen LogP contribution in [0.15, 0.2) is 47.1 Å². The van der Waals surface area contributed by atoms with Crippen LogP contribution in [0.5, 0.6) is 0 Å². The van der Waals surface area contributed by atoms with E-state index >= 15 is 0 Å². The average Bonchev–Trinajstić information content (AvgIpc) is 2.96. The normalized spacial score (nSPS) is 10.4. The number of hydrogen-bond acceptors (Lipinski definition) is 6. The lowest BCUT2D eigenvalue weighted by atomic mass is 10.2. The molecule has 0 aliphatic carbocycles. The van der Waals surface area contributed by atoms with Gasteiger partial charge in [-0.25, -0.2) is 9.97 Å². The van der Waals surface area contributed by atoms with Crippen molar-refractivity contribution in [2.45, 2.75) is 6.54 Å². The maximum atomic E-state index is 5.83. The zero-order chi connectivity index (χ0) is 13.8. The van der Waals surface area contributed by atoms with Crippen LogP contribution < -0.4 is 5.32 Å². The van der Waals surface area contributed by atoms with Crippen LogP contribution in [0.4, 0.5) is 5.95 Å². The third-order valence-electron chi connectivity index (χ3n) is 2.52. The lowest BCUT2D eigenvalue weighted by Gasteiger charge is -1.99. The zero-order valence-corrected chi connectivity index (χ0v) is 11.1. The molecule has 0 aliphatic rings. The van der Waals surface area contributed by atoms with Crippen molar-refractivity contribution < 1.29 is 4.42 Å².